The van der Waals surface area contributed by atoms with E-state index in [1.54, 1.807) is 0 Å². The molecule has 0 bridgehead atoms. The first-order valence-electron chi connectivity index (χ1n) is 22.7. The molecule has 0 aromatic heterocycles. The molecule has 0 unspecified atom stereocenters. The zero-order valence-corrected chi connectivity index (χ0v) is 42.8. The van der Waals surface area contributed by atoms with Crippen molar-refractivity contribution in [3.8, 4) is 44.5 Å². The molecule has 0 aliphatic heterocycles. The van der Waals surface area contributed by atoms with Gasteiger partial charge in [0.25, 0.3) is 0 Å². The van der Waals surface area contributed by atoms with E-state index in [-0.39, 0.29) is 0 Å². The van der Waals surface area contributed by atoms with Crippen molar-refractivity contribution in [1.29, 1.82) is 0 Å². The maximum atomic E-state index is 4.93. The fourth-order valence-electron chi connectivity index (χ4n) is 8.56. The summed E-state index contributed by atoms with van der Waals surface area (Å²) in [4.78, 5) is 0. The molecule has 0 aliphatic rings. The van der Waals surface area contributed by atoms with Crippen molar-refractivity contribution in [3.63, 3.8) is 0 Å². The van der Waals surface area contributed by atoms with E-state index in [0.29, 0.717) is 0 Å². The second kappa shape index (κ2) is 26.8. The predicted octanol–water partition coefficient (Wildman–Crippen LogP) is 18.5. The molecule has 318 valence electrons. The third kappa shape index (κ3) is 13.1. The van der Waals surface area contributed by atoms with E-state index in [1.807, 2.05) is 0 Å². The molecule has 2 radical (unpaired) electrons. The van der Waals surface area contributed by atoms with E-state index in [9.17, 15) is 0 Å². The van der Waals surface area contributed by atoms with Crippen LogP contribution in [0.2, 0.25) is 13.1 Å². The van der Waals surface area contributed by atoms with Gasteiger partial charge in [-0.1, -0.05) is 211 Å². The second-order valence-corrected chi connectivity index (χ2v) is 20.8. The van der Waals surface area contributed by atoms with Crippen molar-refractivity contribution in [3.05, 3.63) is 180 Å². The van der Waals surface area contributed by atoms with E-state index in [0.717, 1.165) is 35.2 Å². The Kier molecular flexibility index (Phi) is 21.2. The van der Waals surface area contributed by atoms with Crippen LogP contribution in [0.5, 0.6) is 0 Å². The molecule has 4 heteroatoms. The Morgan fingerprint density at radius 3 is 1.11 bits per heavy atom. The molecule has 0 heterocycles. The van der Waals surface area contributed by atoms with Gasteiger partial charge in [-0.25, -0.2) is 0 Å². The summed E-state index contributed by atoms with van der Waals surface area (Å²) in [5.41, 5.74) is 16.7. The van der Waals surface area contributed by atoms with Crippen LogP contribution in [0.15, 0.2) is 158 Å². The number of unbranched alkanes of at least 4 members (excludes halogenated alkanes) is 2. The van der Waals surface area contributed by atoms with Gasteiger partial charge in [0, 0.05) is 9.52 Å². The van der Waals surface area contributed by atoms with E-state index in [1.165, 1.54) is 127 Å². The zero-order chi connectivity index (χ0) is 44.1. The van der Waals surface area contributed by atoms with Crippen LogP contribution in [0.1, 0.15) is 88.5 Å². The Hall–Kier alpha value is -3.78. The molecule has 8 rings (SSSR count). The van der Waals surface area contributed by atoms with Gasteiger partial charge in [0.1, 0.15) is 0 Å². The van der Waals surface area contributed by atoms with Crippen LogP contribution >= 0.6 is 17.0 Å². The van der Waals surface area contributed by atoms with E-state index in [2.05, 4.69) is 199 Å². The van der Waals surface area contributed by atoms with Gasteiger partial charge in [0.2, 0.25) is 0 Å². The van der Waals surface area contributed by atoms with E-state index >= 15 is 0 Å². The van der Waals surface area contributed by atoms with Crippen molar-refractivity contribution >= 4 is 48.1 Å². The monoisotopic (exact) mass is 948 g/mol. The molecular formula is C58H64Cl2SiZr. The molecule has 0 fully saturated rings. The van der Waals surface area contributed by atoms with E-state index in [4.69, 9.17) is 17.0 Å². The Balaban J connectivity index is 0.000000208. The molecule has 8 aromatic rings. The molecule has 0 saturated carbocycles. The normalized spacial score (nSPS) is 10.6. The Morgan fingerprint density at radius 1 is 0.435 bits per heavy atom. The summed E-state index contributed by atoms with van der Waals surface area (Å²) in [5.74, 6) is 0. The standard InChI is InChI=1S/2C28H29.C2H6Si.2ClH.Zr/c2*1-3-5-12-21-19-24-18-17-23(11-4-2)28(27(24)20-21)26-16-10-9-15-25(26)22-13-7-6-8-14-22;1-3-2;;;/h2*6-10,13-20H,3-5,11-12H2,1-2H3;1-2H3;2*1H;/q2*-1;;;;+4/p-2. The zero-order valence-electron chi connectivity index (χ0n) is 37.8. The van der Waals surface area contributed by atoms with Gasteiger partial charge < -0.3 is 0 Å². The summed E-state index contributed by atoms with van der Waals surface area (Å²) in [5, 5.41) is 5.59. The molecular weight excluding hydrogens is 887 g/mol. The van der Waals surface area contributed by atoms with Crippen LogP contribution in [0, 0.1) is 0 Å². The minimum atomic E-state index is -0.826. The average Bonchev–Trinajstić information content (AvgIpc) is 3.93. The van der Waals surface area contributed by atoms with Gasteiger partial charge in [-0.3, -0.25) is 0 Å². The van der Waals surface area contributed by atoms with Crippen LogP contribution in [0.25, 0.3) is 66.1 Å². The summed E-state index contributed by atoms with van der Waals surface area (Å²) < 4.78 is 0. The van der Waals surface area contributed by atoms with Crippen molar-refractivity contribution in [2.24, 2.45) is 0 Å². The molecule has 62 heavy (non-hydrogen) atoms. The third-order valence-corrected chi connectivity index (χ3v) is 11.3. The van der Waals surface area contributed by atoms with Crippen molar-refractivity contribution in [1.82, 2.24) is 0 Å². The molecule has 0 amide bonds. The van der Waals surface area contributed by atoms with Crippen molar-refractivity contribution in [2.45, 2.75) is 105 Å². The van der Waals surface area contributed by atoms with Crippen LogP contribution in [0.4, 0.5) is 0 Å². The minimum absolute atomic E-state index is 0.826. The topological polar surface area (TPSA) is 0 Å². The first-order valence-corrected chi connectivity index (χ1v) is 31.1. The van der Waals surface area contributed by atoms with Crippen LogP contribution in [-0.4, -0.2) is 9.52 Å². The number of rotatable bonds is 14. The fourth-order valence-corrected chi connectivity index (χ4v) is 8.56. The van der Waals surface area contributed by atoms with Gasteiger partial charge in [-0.15, -0.1) is 69.1 Å². The number of hydrogen-bond donors (Lipinski definition) is 0. The predicted molar refractivity (Wildman–Crippen MR) is 275 cm³/mol. The van der Waals surface area contributed by atoms with Gasteiger partial charge in [-0.05, 0) is 59.1 Å². The maximum absolute atomic E-state index is 4.93. The second-order valence-electron chi connectivity index (χ2n) is 16.0. The molecule has 0 aliphatic carbocycles. The van der Waals surface area contributed by atoms with Crippen LogP contribution in [-0.2, 0) is 46.5 Å². The summed E-state index contributed by atoms with van der Waals surface area (Å²) in [7, 11) is 11.0. The quantitative estimate of drug-likeness (QED) is 0.0753. The number of fused-ring (bicyclic) bond motifs is 2. The van der Waals surface area contributed by atoms with Gasteiger partial charge in [0.05, 0.1) is 0 Å². The third-order valence-electron chi connectivity index (χ3n) is 11.3. The van der Waals surface area contributed by atoms with Gasteiger partial charge in [-0.2, -0.15) is 12.1 Å². The van der Waals surface area contributed by atoms with Crippen molar-refractivity contribution < 1.29 is 20.8 Å². The molecule has 0 spiro atoms. The molecule has 0 saturated heterocycles. The summed E-state index contributed by atoms with van der Waals surface area (Å²) in [6, 6.07) is 58.4. The Labute approximate surface area is 395 Å². The van der Waals surface area contributed by atoms with E-state index < -0.39 is 20.8 Å². The first kappa shape index (κ1) is 49.2. The SMILES string of the molecule is CCCCc1cc2c(-c3ccccc3-c3ccccc3)c(CCC)ccc2[cH-]1.CCCCc1cc2c(-c3ccccc3-c3ccccc3)c(CCC)ccc2[cH-]1.C[Si]C.[Cl][Zr+2][Cl]. The number of halogens is 2. The number of aryl methyl sites for hydroxylation is 4. The van der Waals surface area contributed by atoms with Crippen LogP contribution < -0.4 is 0 Å². The molecule has 0 nitrogen and oxygen atoms in total. The fraction of sp³-hybridized carbons (Fsp3) is 0.276. The Morgan fingerprint density at radius 2 is 0.774 bits per heavy atom. The number of hydrogen-bond acceptors (Lipinski definition) is 0. The number of benzene rings is 6. The van der Waals surface area contributed by atoms with Gasteiger partial charge in [0.15, 0.2) is 0 Å². The molecule has 0 N–H and O–H groups in total. The van der Waals surface area contributed by atoms with Crippen molar-refractivity contribution in [2.75, 3.05) is 0 Å². The summed E-state index contributed by atoms with van der Waals surface area (Å²) in [6.45, 7) is 13.4. The summed E-state index contributed by atoms with van der Waals surface area (Å²) >= 11 is -0.826. The average molecular weight is 951 g/mol. The van der Waals surface area contributed by atoms with Gasteiger partial charge >= 0.3 is 37.9 Å². The summed E-state index contributed by atoms with van der Waals surface area (Å²) in [6.07, 6.45) is 11.9. The molecule has 0 atom stereocenters. The van der Waals surface area contributed by atoms with Crippen LogP contribution in [0.3, 0.4) is 0 Å². The first-order chi connectivity index (χ1) is 30.5. The molecule has 8 aromatic carbocycles. The Bertz CT molecular complexity index is 2340.